The highest BCUT2D eigenvalue weighted by Crippen LogP contribution is 2.30. The number of thiophene rings is 1. The number of nitrogens with zero attached hydrogens (tertiary/aromatic N) is 1. The number of nitrogens with one attached hydrogen (secondary N) is 2. The summed E-state index contributed by atoms with van der Waals surface area (Å²) in [7, 11) is 4.19. The zero-order valence-corrected chi connectivity index (χ0v) is 15.8. The second-order valence-corrected chi connectivity index (χ2v) is 8.19. The fourth-order valence-corrected chi connectivity index (χ4v) is 4.08. The van der Waals surface area contributed by atoms with E-state index in [4.69, 9.17) is 0 Å². The largest absolute Gasteiger partial charge is 0.353 e. The second-order valence-electron chi connectivity index (χ2n) is 6.90. The molecule has 1 fully saturated rings. The summed E-state index contributed by atoms with van der Waals surface area (Å²) in [6, 6.07) is 3.70. The van der Waals surface area contributed by atoms with E-state index in [-0.39, 0.29) is 23.9 Å². The zero-order chi connectivity index (χ0) is 17.6. The van der Waals surface area contributed by atoms with Crippen LogP contribution in [0.3, 0.4) is 0 Å². The van der Waals surface area contributed by atoms with Crippen molar-refractivity contribution in [1.29, 1.82) is 0 Å². The predicted octanol–water partition coefficient (Wildman–Crippen LogP) is 2.56. The number of likely N-dealkylation sites (N-methyl/N-ethyl adjacent to an activating group) is 1. The Morgan fingerprint density at radius 2 is 1.79 bits per heavy atom. The standard InChI is InChI=1S/C18H29N3O2S/c1-14-8-9-15(24-14)17(23)19-12-16(22)20-13-18(21(2)3)10-6-4-5-7-11-18/h8-9H,4-7,10-13H2,1-3H3,(H,19,23)(H,20,22). The van der Waals surface area contributed by atoms with E-state index in [1.165, 1.54) is 37.0 Å². The Morgan fingerprint density at radius 1 is 1.12 bits per heavy atom. The molecule has 134 valence electrons. The molecule has 0 unspecified atom stereocenters. The first-order chi connectivity index (χ1) is 11.4. The molecule has 2 rings (SSSR count). The van der Waals surface area contributed by atoms with Crippen molar-refractivity contribution in [2.45, 2.75) is 51.0 Å². The summed E-state index contributed by atoms with van der Waals surface area (Å²) in [6.07, 6.45) is 7.20. The lowest BCUT2D eigenvalue weighted by Gasteiger charge is -2.39. The summed E-state index contributed by atoms with van der Waals surface area (Å²) < 4.78 is 0. The molecular weight excluding hydrogens is 322 g/mol. The molecule has 1 heterocycles. The molecule has 0 aromatic carbocycles. The lowest BCUT2D eigenvalue weighted by Crippen LogP contribution is -2.53. The van der Waals surface area contributed by atoms with Crippen LogP contribution in [0.1, 0.15) is 53.1 Å². The van der Waals surface area contributed by atoms with Crippen LogP contribution >= 0.6 is 11.3 Å². The number of carbonyl (C=O) groups excluding carboxylic acids is 2. The van der Waals surface area contributed by atoms with Crippen LogP contribution in [0.15, 0.2) is 12.1 Å². The number of rotatable bonds is 6. The molecule has 1 saturated carbocycles. The summed E-state index contributed by atoms with van der Waals surface area (Å²) in [6.45, 7) is 2.63. The van der Waals surface area contributed by atoms with Gasteiger partial charge in [-0.05, 0) is 46.0 Å². The Kier molecular flexibility index (Phi) is 6.80. The van der Waals surface area contributed by atoms with Crippen molar-refractivity contribution >= 4 is 23.2 Å². The average molecular weight is 352 g/mol. The van der Waals surface area contributed by atoms with Gasteiger partial charge in [-0.15, -0.1) is 11.3 Å². The number of hydrogen-bond donors (Lipinski definition) is 2. The van der Waals surface area contributed by atoms with Gasteiger partial charge in [0.25, 0.3) is 5.91 Å². The highest BCUT2D eigenvalue weighted by molar-refractivity contribution is 7.13. The maximum absolute atomic E-state index is 12.1. The minimum atomic E-state index is -0.181. The van der Waals surface area contributed by atoms with Crippen LogP contribution in [0.4, 0.5) is 0 Å². The van der Waals surface area contributed by atoms with Gasteiger partial charge < -0.3 is 15.5 Å². The molecule has 1 aliphatic carbocycles. The first kappa shape index (κ1) is 18.9. The lowest BCUT2D eigenvalue weighted by atomic mass is 9.88. The summed E-state index contributed by atoms with van der Waals surface area (Å²) >= 11 is 1.44. The van der Waals surface area contributed by atoms with E-state index in [2.05, 4.69) is 29.6 Å². The van der Waals surface area contributed by atoms with Gasteiger partial charge in [-0.2, -0.15) is 0 Å². The summed E-state index contributed by atoms with van der Waals surface area (Å²) in [5, 5.41) is 5.72. The van der Waals surface area contributed by atoms with Gasteiger partial charge in [-0.1, -0.05) is 25.7 Å². The van der Waals surface area contributed by atoms with Gasteiger partial charge in [0.15, 0.2) is 0 Å². The maximum atomic E-state index is 12.1. The minimum absolute atomic E-state index is 0.0271. The molecule has 1 aromatic rings. The van der Waals surface area contributed by atoms with E-state index in [9.17, 15) is 9.59 Å². The lowest BCUT2D eigenvalue weighted by molar-refractivity contribution is -0.120. The van der Waals surface area contributed by atoms with Crippen molar-refractivity contribution in [3.63, 3.8) is 0 Å². The SMILES string of the molecule is Cc1ccc(C(=O)NCC(=O)NCC2(N(C)C)CCCCCC2)s1. The van der Waals surface area contributed by atoms with Gasteiger partial charge in [0.2, 0.25) is 5.91 Å². The molecule has 0 bridgehead atoms. The van der Waals surface area contributed by atoms with Crippen LogP contribution in [-0.2, 0) is 4.79 Å². The Labute approximate surface area is 148 Å². The molecular formula is C18H29N3O2S. The molecule has 0 aliphatic heterocycles. The highest BCUT2D eigenvalue weighted by atomic mass is 32.1. The normalized spacial score (nSPS) is 17.3. The third kappa shape index (κ3) is 5.05. The van der Waals surface area contributed by atoms with Crippen LogP contribution < -0.4 is 10.6 Å². The molecule has 0 atom stereocenters. The van der Waals surface area contributed by atoms with Gasteiger partial charge in [0, 0.05) is 17.0 Å². The first-order valence-corrected chi connectivity index (χ1v) is 9.53. The number of hydrogen-bond acceptors (Lipinski definition) is 4. The van der Waals surface area contributed by atoms with E-state index in [1.807, 2.05) is 13.0 Å². The number of aryl methyl sites for hydroxylation is 1. The van der Waals surface area contributed by atoms with Crippen LogP contribution in [0.2, 0.25) is 0 Å². The average Bonchev–Trinajstić information content (AvgIpc) is 2.84. The van der Waals surface area contributed by atoms with Crippen molar-refractivity contribution in [2.75, 3.05) is 27.2 Å². The van der Waals surface area contributed by atoms with E-state index in [1.54, 1.807) is 6.07 Å². The molecule has 2 amide bonds. The Balaban J connectivity index is 1.81. The molecule has 6 heteroatoms. The number of carbonyl (C=O) groups is 2. The van der Waals surface area contributed by atoms with Gasteiger partial charge >= 0.3 is 0 Å². The van der Waals surface area contributed by atoms with Crippen LogP contribution in [0, 0.1) is 6.92 Å². The molecule has 0 spiro atoms. The van der Waals surface area contributed by atoms with Crippen molar-refractivity contribution in [3.05, 3.63) is 21.9 Å². The third-order valence-electron chi connectivity index (χ3n) is 4.97. The van der Waals surface area contributed by atoms with Crippen molar-refractivity contribution < 1.29 is 9.59 Å². The second kappa shape index (κ2) is 8.62. The van der Waals surface area contributed by atoms with Gasteiger partial charge in [0.05, 0.1) is 11.4 Å². The molecule has 2 N–H and O–H groups in total. The smallest absolute Gasteiger partial charge is 0.261 e. The quantitative estimate of drug-likeness (QED) is 0.774. The Hall–Kier alpha value is -1.40. The summed E-state index contributed by atoms with van der Waals surface area (Å²) in [5.74, 6) is -0.304. The van der Waals surface area contributed by atoms with Gasteiger partial charge in [-0.25, -0.2) is 0 Å². The zero-order valence-electron chi connectivity index (χ0n) is 15.0. The first-order valence-electron chi connectivity index (χ1n) is 8.72. The Bertz CT molecular complexity index is 560. The Morgan fingerprint density at radius 3 is 2.33 bits per heavy atom. The maximum Gasteiger partial charge on any atom is 0.261 e. The summed E-state index contributed by atoms with van der Waals surface area (Å²) in [4.78, 5) is 28.1. The van der Waals surface area contributed by atoms with E-state index >= 15 is 0 Å². The molecule has 0 saturated heterocycles. The van der Waals surface area contributed by atoms with Crippen LogP contribution in [0.5, 0.6) is 0 Å². The topological polar surface area (TPSA) is 61.4 Å². The van der Waals surface area contributed by atoms with Gasteiger partial charge in [-0.3, -0.25) is 9.59 Å². The molecule has 0 radical (unpaired) electrons. The van der Waals surface area contributed by atoms with Crippen molar-refractivity contribution in [3.8, 4) is 0 Å². The molecule has 1 aromatic heterocycles. The van der Waals surface area contributed by atoms with Crippen molar-refractivity contribution in [1.82, 2.24) is 15.5 Å². The molecule has 1 aliphatic rings. The third-order valence-corrected chi connectivity index (χ3v) is 5.97. The number of amides is 2. The fourth-order valence-electron chi connectivity index (χ4n) is 3.30. The van der Waals surface area contributed by atoms with E-state index in [0.29, 0.717) is 11.4 Å². The fraction of sp³-hybridized carbons (Fsp3) is 0.667. The minimum Gasteiger partial charge on any atom is -0.353 e. The van der Waals surface area contributed by atoms with Crippen LogP contribution in [0.25, 0.3) is 0 Å². The highest BCUT2D eigenvalue weighted by Gasteiger charge is 2.33. The van der Waals surface area contributed by atoms with E-state index < -0.39 is 0 Å². The van der Waals surface area contributed by atoms with Crippen LogP contribution in [-0.4, -0.2) is 49.4 Å². The summed E-state index contributed by atoms with van der Waals surface area (Å²) in [5.41, 5.74) is 0.0427. The molecule has 24 heavy (non-hydrogen) atoms. The van der Waals surface area contributed by atoms with E-state index in [0.717, 1.165) is 17.7 Å². The predicted molar refractivity (Wildman–Crippen MR) is 98.5 cm³/mol. The van der Waals surface area contributed by atoms with Gasteiger partial charge in [0.1, 0.15) is 0 Å². The van der Waals surface area contributed by atoms with Crippen molar-refractivity contribution in [2.24, 2.45) is 0 Å². The monoisotopic (exact) mass is 351 g/mol. The molecule has 5 nitrogen and oxygen atoms in total.